The van der Waals surface area contributed by atoms with E-state index in [2.05, 4.69) is 24.3 Å². The Bertz CT molecular complexity index is 852. The predicted octanol–water partition coefficient (Wildman–Crippen LogP) is 4.84. The van der Waals surface area contributed by atoms with Gasteiger partial charge in [0, 0.05) is 22.2 Å². The van der Waals surface area contributed by atoms with Crippen molar-refractivity contribution in [3.63, 3.8) is 0 Å². The van der Waals surface area contributed by atoms with E-state index in [-0.39, 0.29) is 0 Å². The van der Waals surface area contributed by atoms with E-state index >= 15 is 0 Å². The average Bonchev–Trinajstić information content (AvgIpc) is 3.26. The Morgan fingerprint density at radius 2 is 2.13 bits per heavy atom. The molecule has 4 rings (SSSR count). The normalized spacial score (nSPS) is 14.3. The summed E-state index contributed by atoms with van der Waals surface area (Å²) in [6.45, 7) is 3.57. The van der Waals surface area contributed by atoms with Crippen molar-refractivity contribution >= 4 is 22.5 Å². The molecule has 0 amide bonds. The van der Waals surface area contributed by atoms with Gasteiger partial charge in [0.2, 0.25) is 0 Å². The molecule has 1 heterocycles. The van der Waals surface area contributed by atoms with Crippen LogP contribution in [-0.4, -0.2) is 16.4 Å². The summed E-state index contributed by atoms with van der Waals surface area (Å²) in [5, 5.41) is 6.58. The number of nitrogens with zero attached hydrogens (tertiary/aromatic N) is 2. The standard InChI is InChI=1S/C19H19ClN2O/c1-13-3-2-4-18-17(13)11-22(21-18)10-15-9-16(20)7-8-19(15)23-12-14-5-6-14/h2-4,7-9,11,14H,5-6,10,12H2,1H3. The van der Waals surface area contributed by atoms with Crippen LogP contribution in [0.3, 0.4) is 0 Å². The summed E-state index contributed by atoms with van der Waals surface area (Å²) in [6, 6.07) is 12.0. The zero-order valence-corrected chi connectivity index (χ0v) is 13.9. The maximum absolute atomic E-state index is 6.18. The van der Waals surface area contributed by atoms with Crippen LogP contribution in [0.2, 0.25) is 5.02 Å². The van der Waals surface area contributed by atoms with Gasteiger partial charge in [0.1, 0.15) is 5.75 Å². The van der Waals surface area contributed by atoms with Gasteiger partial charge in [0.25, 0.3) is 0 Å². The highest BCUT2D eigenvalue weighted by Crippen LogP contribution is 2.31. The second-order valence-electron chi connectivity index (χ2n) is 6.34. The van der Waals surface area contributed by atoms with Gasteiger partial charge in [-0.15, -0.1) is 0 Å². The van der Waals surface area contributed by atoms with Gasteiger partial charge in [-0.3, -0.25) is 4.68 Å². The molecule has 3 aromatic rings. The van der Waals surface area contributed by atoms with Gasteiger partial charge in [-0.1, -0.05) is 23.7 Å². The monoisotopic (exact) mass is 326 g/mol. The molecule has 1 aliphatic carbocycles. The SMILES string of the molecule is Cc1cccc2nn(Cc3cc(Cl)ccc3OCC3CC3)cc12. The fourth-order valence-electron chi connectivity index (χ4n) is 2.80. The van der Waals surface area contributed by atoms with Crippen LogP contribution in [0.1, 0.15) is 24.0 Å². The van der Waals surface area contributed by atoms with Crippen LogP contribution in [0, 0.1) is 12.8 Å². The quantitative estimate of drug-likeness (QED) is 0.671. The van der Waals surface area contributed by atoms with Crippen molar-refractivity contribution in [3.8, 4) is 5.75 Å². The summed E-state index contributed by atoms with van der Waals surface area (Å²) in [5.41, 5.74) is 3.33. The number of hydrogen-bond acceptors (Lipinski definition) is 2. The molecule has 1 fully saturated rings. The molecule has 1 saturated carbocycles. The van der Waals surface area contributed by atoms with Crippen molar-refractivity contribution < 1.29 is 4.74 Å². The first kappa shape index (κ1) is 14.6. The molecule has 0 spiro atoms. The van der Waals surface area contributed by atoms with Crippen molar-refractivity contribution in [2.75, 3.05) is 6.61 Å². The minimum Gasteiger partial charge on any atom is -0.493 e. The van der Waals surface area contributed by atoms with Gasteiger partial charge < -0.3 is 4.74 Å². The Hall–Kier alpha value is -2.00. The third-order valence-corrected chi connectivity index (χ3v) is 4.58. The largest absolute Gasteiger partial charge is 0.493 e. The molecule has 0 aliphatic heterocycles. The lowest BCUT2D eigenvalue weighted by molar-refractivity contribution is 0.296. The molecule has 0 bridgehead atoms. The van der Waals surface area contributed by atoms with Gasteiger partial charge in [-0.2, -0.15) is 5.10 Å². The second-order valence-corrected chi connectivity index (χ2v) is 6.78. The van der Waals surface area contributed by atoms with Crippen LogP contribution in [0.5, 0.6) is 5.75 Å². The van der Waals surface area contributed by atoms with E-state index in [9.17, 15) is 0 Å². The number of benzene rings is 2. The maximum atomic E-state index is 6.18. The number of hydrogen-bond donors (Lipinski definition) is 0. The fourth-order valence-corrected chi connectivity index (χ4v) is 2.99. The molecule has 0 atom stereocenters. The molecule has 0 unspecified atom stereocenters. The number of fused-ring (bicyclic) bond motifs is 1. The fraction of sp³-hybridized carbons (Fsp3) is 0.316. The first-order chi connectivity index (χ1) is 11.2. The summed E-state index contributed by atoms with van der Waals surface area (Å²) in [5.74, 6) is 1.64. The van der Waals surface area contributed by atoms with Gasteiger partial charge >= 0.3 is 0 Å². The third-order valence-electron chi connectivity index (χ3n) is 4.34. The molecule has 2 aromatic carbocycles. The summed E-state index contributed by atoms with van der Waals surface area (Å²) >= 11 is 6.18. The van der Waals surface area contributed by atoms with E-state index in [0.717, 1.165) is 34.4 Å². The smallest absolute Gasteiger partial charge is 0.124 e. The third kappa shape index (κ3) is 3.20. The molecule has 4 heteroatoms. The molecule has 3 nitrogen and oxygen atoms in total. The van der Waals surface area contributed by atoms with Gasteiger partial charge in [0.05, 0.1) is 18.7 Å². The minimum atomic E-state index is 0.661. The highest BCUT2D eigenvalue weighted by molar-refractivity contribution is 6.30. The van der Waals surface area contributed by atoms with Crippen LogP contribution in [0.4, 0.5) is 0 Å². The topological polar surface area (TPSA) is 27.1 Å². The zero-order chi connectivity index (χ0) is 15.8. The van der Waals surface area contributed by atoms with Crippen molar-refractivity contribution in [3.05, 3.63) is 58.7 Å². The molecule has 0 N–H and O–H groups in total. The Kier molecular flexibility index (Phi) is 3.74. The molecular formula is C19H19ClN2O. The van der Waals surface area contributed by atoms with Crippen LogP contribution < -0.4 is 4.74 Å². The highest BCUT2D eigenvalue weighted by atomic mass is 35.5. The number of ether oxygens (including phenoxy) is 1. The minimum absolute atomic E-state index is 0.661. The number of rotatable bonds is 5. The summed E-state index contributed by atoms with van der Waals surface area (Å²) in [7, 11) is 0. The highest BCUT2D eigenvalue weighted by Gasteiger charge is 2.22. The first-order valence-electron chi connectivity index (χ1n) is 8.03. The van der Waals surface area contributed by atoms with E-state index in [1.165, 1.54) is 23.8 Å². The van der Waals surface area contributed by atoms with E-state index in [0.29, 0.717) is 6.54 Å². The van der Waals surface area contributed by atoms with E-state index in [4.69, 9.17) is 16.3 Å². The lowest BCUT2D eigenvalue weighted by atomic mass is 10.1. The zero-order valence-electron chi connectivity index (χ0n) is 13.1. The molecular weight excluding hydrogens is 308 g/mol. The Labute approximate surface area is 140 Å². The molecule has 118 valence electrons. The molecule has 1 aliphatic rings. The van der Waals surface area contributed by atoms with E-state index in [1.54, 1.807) is 0 Å². The Morgan fingerprint density at radius 1 is 1.26 bits per heavy atom. The van der Waals surface area contributed by atoms with Gasteiger partial charge in [-0.05, 0) is 55.5 Å². The lowest BCUT2D eigenvalue weighted by Gasteiger charge is -2.12. The molecule has 0 radical (unpaired) electrons. The maximum Gasteiger partial charge on any atom is 0.124 e. The van der Waals surface area contributed by atoms with E-state index in [1.807, 2.05) is 35.0 Å². The first-order valence-corrected chi connectivity index (χ1v) is 8.41. The van der Waals surface area contributed by atoms with E-state index < -0.39 is 0 Å². The number of aryl methyl sites for hydroxylation is 1. The van der Waals surface area contributed by atoms with Crippen molar-refractivity contribution in [1.82, 2.24) is 9.78 Å². The second kappa shape index (κ2) is 5.89. The molecule has 23 heavy (non-hydrogen) atoms. The summed E-state index contributed by atoms with van der Waals surface area (Å²) in [6.07, 6.45) is 4.66. The predicted molar refractivity (Wildman–Crippen MR) is 93.2 cm³/mol. The van der Waals surface area contributed by atoms with Crippen LogP contribution >= 0.6 is 11.6 Å². The van der Waals surface area contributed by atoms with Gasteiger partial charge in [0.15, 0.2) is 0 Å². The Morgan fingerprint density at radius 3 is 2.91 bits per heavy atom. The lowest BCUT2D eigenvalue weighted by Crippen LogP contribution is -2.05. The number of halogens is 1. The molecule has 0 saturated heterocycles. The van der Waals surface area contributed by atoms with Crippen molar-refractivity contribution in [2.45, 2.75) is 26.3 Å². The van der Waals surface area contributed by atoms with Crippen LogP contribution in [0.25, 0.3) is 10.9 Å². The van der Waals surface area contributed by atoms with Crippen molar-refractivity contribution in [2.24, 2.45) is 5.92 Å². The van der Waals surface area contributed by atoms with Crippen molar-refractivity contribution in [1.29, 1.82) is 0 Å². The van der Waals surface area contributed by atoms with Crippen LogP contribution in [0.15, 0.2) is 42.6 Å². The average molecular weight is 327 g/mol. The molecule has 1 aromatic heterocycles. The summed E-state index contributed by atoms with van der Waals surface area (Å²) < 4.78 is 7.95. The summed E-state index contributed by atoms with van der Waals surface area (Å²) in [4.78, 5) is 0. The van der Waals surface area contributed by atoms with Crippen LogP contribution in [-0.2, 0) is 6.54 Å². The number of aromatic nitrogens is 2. The Balaban J connectivity index is 1.63. The van der Waals surface area contributed by atoms with Gasteiger partial charge in [-0.25, -0.2) is 0 Å².